The predicted octanol–water partition coefficient (Wildman–Crippen LogP) is 3.70. The standard InChI is InChI=1S/C16H14ClN5/c1-16(4-5-16)22-15-13-11(17)8-19-9-12(13)20-14(21-15)10-2-6-18-7-3-10/h2-3,6-9H,4-5H2,1H3,(H,20,21,22). The van der Waals surface area contributed by atoms with Crippen LogP contribution in [0.5, 0.6) is 0 Å². The van der Waals surface area contributed by atoms with Crippen molar-refractivity contribution in [2.24, 2.45) is 0 Å². The molecule has 1 fully saturated rings. The second-order valence-electron chi connectivity index (χ2n) is 5.83. The van der Waals surface area contributed by atoms with E-state index in [0.29, 0.717) is 10.8 Å². The summed E-state index contributed by atoms with van der Waals surface area (Å²) >= 11 is 6.32. The van der Waals surface area contributed by atoms with Gasteiger partial charge in [0.05, 0.1) is 22.1 Å². The lowest BCUT2D eigenvalue weighted by Gasteiger charge is -2.16. The lowest BCUT2D eigenvalue weighted by Crippen LogP contribution is -2.17. The van der Waals surface area contributed by atoms with Crippen molar-refractivity contribution in [3.63, 3.8) is 0 Å². The van der Waals surface area contributed by atoms with Gasteiger partial charge in [-0.25, -0.2) is 9.97 Å². The number of halogens is 1. The van der Waals surface area contributed by atoms with Gasteiger partial charge in [-0.1, -0.05) is 11.6 Å². The predicted molar refractivity (Wildman–Crippen MR) is 86.8 cm³/mol. The molecule has 0 spiro atoms. The molecule has 0 radical (unpaired) electrons. The van der Waals surface area contributed by atoms with E-state index in [4.69, 9.17) is 16.6 Å². The van der Waals surface area contributed by atoms with E-state index in [0.717, 1.165) is 35.1 Å². The molecule has 0 amide bonds. The fourth-order valence-electron chi connectivity index (χ4n) is 2.36. The third kappa shape index (κ3) is 2.37. The molecule has 1 N–H and O–H groups in total. The van der Waals surface area contributed by atoms with E-state index in [1.165, 1.54) is 0 Å². The van der Waals surface area contributed by atoms with E-state index < -0.39 is 0 Å². The maximum absolute atomic E-state index is 6.32. The summed E-state index contributed by atoms with van der Waals surface area (Å²) in [7, 11) is 0. The van der Waals surface area contributed by atoms with Crippen molar-refractivity contribution in [2.75, 3.05) is 5.32 Å². The Morgan fingerprint density at radius 1 is 1.09 bits per heavy atom. The maximum atomic E-state index is 6.32. The molecule has 3 aromatic heterocycles. The van der Waals surface area contributed by atoms with Gasteiger partial charge < -0.3 is 5.32 Å². The Morgan fingerprint density at radius 3 is 2.59 bits per heavy atom. The van der Waals surface area contributed by atoms with Gasteiger partial charge in [-0.15, -0.1) is 0 Å². The van der Waals surface area contributed by atoms with Gasteiger partial charge in [-0.2, -0.15) is 0 Å². The highest BCUT2D eigenvalue weighted by molar-refractivity contribution is 6.36. The van der Waals surface area contributed by atoms with Crippen LogP contribution < -0.4 is 5.32 Å². The highest BCUT2D eigenvalue weighted by Gasteiger charge is 2.38. The third-order valence-corrected chi connectivity index (χ3v) is 4.21. The van der Waals surface area contributed by atoms with Crippen LogP contribution in [0.3, 0.4) is 0 Å². The van der Waals surface area contributed by atoms with Crippen molar-refractivity contribution in [2.45, 2.75) is 25.3 Å². The molecule has 1 saturated carbocycles. The summed E-state index contributed by atoms with van der Waals surface area (Å²) < 4.78 is 0. The quantitative estimate of drug-likeness (QED) is 0.799. The first-order chi connectivity index (χ1) is 10.6. The second-order valence-corrected chi connectivity index (χ2v) is 6.24. The Kier molecular flexibility index (Phi) is 2.97. The van der Waals surface area contributed by atoms with E-state index in [-0.39, 0.29) is 5.54 Å². The summed E-state index contributed by atoms with van der Waals surface area (Å²) in [4.78, 5) is 17.5. The first-order valence-corrected chi connectivity index (χ1v) is 7.52. The Balaban J connectivity index is 1.93. The molecule has 0 bridgehead atoms. The summed E-state index contributed by atoms with van der Waals surface area (Å²) in [5.74, 6) is 1.41. The number of fused-ring (bicyclic) bond motifs is 1. The summed E-state index contributed by atoms with van der Waals surface area (Å²) in [6.45, 7) is 2.18. The molecule has 6 heteroatoms. The summed E-state index contributed by atoms with van der Waals surface area (Å²) in [5.41, 5.74) is 1.76. The molecule has 1 aliphatic rings. The van der Waals surface area contributed by atoms with Crippen LogP contribution in [-0.2, 0) is 0 Å². The van der Waals surface area contributed by atoms with Crippen LogP contribution in [0.2, 0.25) is 5.02 Å². The van der Waals surface area contributed by atoms with Gasteiger partial charge in [0.1, 0.15) is 5.82 Å². The third-order valence-electron chi connectivity index (χ3n) is 3.92. The molecular weight excluding hydrogens is 298 g/mol. The molecule has 0 atom stereocenters. The number of rotatable bonds is 3. The second kappa shape index (κ2) is 4.88. The normalized spacial score (nSPS) is 15.7. The number of pyridine rings is 2. The number of anilines is 1. The van der Waals surface area contributed by atoms with Crippen LogP contribution in [0.4, 0.5) is 5.82 Å². The fourth-order valence-corrected chi connectivity index (χ4v) is 2.61. The molecule has 0 saturated heterocycles. The van der Waals surface area contributed by atoms with Crippen molar-refractivity contribution >= 4 is 28.3 Å². The number of hydrogen-bond donors (Lipinski definition) is 1. The van der Waals surface area contributed by atoms with Crippen molar-refractivity contribution < 1.29 is 0 Å². The van der Waals surface area contributed by atoms with Crippen LogP contribution in [0.1, 0.15) is 19.8 Å². The van der Waals surface area contributed by atoms with Crippen LogP contribution >= 0.6 is 11.6 Å². The average Bonchev–Trinajstić information content (AvgIpc) is 3.25. The molecule has 1 aliphatic carbocycles. The molecule has 0 aliphatic heterocycles. The molecule has 5 nitrogen and oxygen atoms in total. The average molecular weight is 312 g/mol. The molecule has 0 aromatic carbocycles. The Labute approximate surface area is 132 Å². The molecule has 4 rings (SSSR count). The first-order valence-electron chi connectivity index (χ1n) is 7.14. The Morgan fingerprint density at radius 2 is 1.86 bits per heavy atom. The van der Waals surface area contributed by atoms with Gasteiger partial charge in [-0.05, 0) is 31.9 Å². The van der Waals surface area contributed by atoms with Crippen molar-refractivity contribution in [3.05, 3.63) is 41.9 Å². The van der Waals surface area contributed by atoms with Gasteiger partial charge in [0.25, 0.3) is 0 Å². The van der Waals surface area contributed by atoms with Crippen molar-refractivity contribution in [3.8, 4) is 11.4 Å². The molecule has 3 aromatic rings. The van der Waals surface area contributed by atoms with Crippen molar-refractivity contribution in [1.82, 2.24) is 19.9 Å². The monoisotopic (exact) mass is 311 g/mol. The van der Waals surface area contributed by atoms with Gasteiger partial charge in [-0.3, -0.25) is 9.97 Å². The minimum Gasteiger partial charge on any atom is -0.364 e. The Bertz CT molecular complexity index is 846. The zero-order valence-electron chi connectivity index (χ0n) is 12.0. The smallest absolute Gasteiger partial charge is 0.162 e. The lowest BCUT2D eigenvalue weighted by molar-refractivity contribution is 0.823. The largest absolute Gasteiger partial charge is 0.364 e. The van der Waals surface area contributed by atoms with Gasteiger partial charge >= 0.3 is 0 Å². The van der Waals surface area contributed by atoms with E-state index in [2.05, 4.69) is 27.2 Å². The van der Waals surface area contributed by atoms with Crippen LogP contribution in [-0.4, -0.2) is 25.5 Å². The van der Waals surface area contributed by atoms with E-state index >= 15 is 0 Å². The first kappa shape index (κ1) is 13.4. The Hall–Kier alpha value is -2.27. The molecule has 110 valence electrons. The van der Waals surface area contributed by atoms with Crippen LogP contribution in [0.15, 0.2) is 36.9 Å². The molecule has 22 heavy (non-hydrogen) atoms. The van der Waals surface area contributed by atoms with Crippen molar-refractivity contribution in [1.29, 1.82) is 0 Å². The summed E-state index contributed by atoms with van der Waals surface area (Å²) in [6, 6.07) is 3.78. The van der Waals surface area contributed by atoms with Crippen LogP contribution in [0.25, 0.3) is 22.3 Å². The zero-order chi connectivity index (χ0) is 15.2. The summed E-state index contributed by atoms with van der Waals surface area (Å²) in [6.07, 6.45) is 9.06. The minimum atomic E-state index is 0.101. The summed E-state index contributed by atoms with van der Waals surface area (Å²) in [5, 5.41) is 4.89. The minimum absolute atomic E-state index is 0.101. The number of hydrogen-bond acceptors (Lipinski definition) is 5. The van der Waals surface area contributed by atoms with Gasteiger partial charge in [0.15, 0.2) is 5.82 Å². The molecular formula is C16H14ClN5. The SMILES string of the molecule is CC1(Nc2nc(-c3ccncc3)nc3cncc(Cl)c23)CC1. The maximum Gasteiger partial charge on any atom is 0.162 e. The van der Waals surface area contributed by atoms with E-state index in [9.17, 15) is 0 Å². The van der Waals surface area contributed by atoms with E-state index in [1.54, 1.807) is 24.8 Å². The van der Waals surface area contributed by atoms with Gasteiger partial charge in [0.2, 0.25) is 0 Å². The molecule has 0 unspecified atom stereocenters. The van der Waals surface area contributed by atoms with E-state index in [1.807, 2.05) is 12.1 Å². The van der Waals surface area contributed by atoms with Gasteiger partial charge in [0, 0.05) is 29.7 Å². The fraction of sp³-hybridized carbons (Fsp3) is 0.250. The highest BCUT2D eigenvalue weighted by atomic mass is 35.5. The number of nitrogens with one attached hydrogen (secondary N) is 1. The zero-order valence-corrected chi connectivity index (χ0v) is 12.8. The topological polar surface area (TPSA) is 63.6 Å². The number of aromatic nitrogens is 4. The lowest BCUT2D eigenvalue weighted by atomic mass is 10.2. The highest BCUT2D eigenvalue weighted by Crippen LogP contribution is 2.40. The number of nitrogens with zero attached hydrogens (tertiary/aromatic N) is 4. The molecule has 3 heterocycles. The van der Waals surface area contributed by atoms with Crippen LogP contribution in [0, 0.1) is 0 Å².